The summed E-state index contributed by atoms with van der Waals surface area (Å²) in [7, 11) is 0. The van der Waals surface area contributed by atoms with Gasteiger partial charge in [0.25, 0.3) is 11.8 Å². The van der Waals surface area contributed by atoms with E-state index in [0.29, 0.717) is 24.2 Å². The molecule has 0 spiro atoms. The summed E-state index contributed by atoms with van der Waals surface area (Å²) in [4.78, 5) is 24.4. The van der Waals surface area contributed by atoms with Crippen LogP contribution in [0.3, 0.4) is 0 Å². The molecule has 150 valence electrons. The van der Waals surface area contributed by atoms with Crippen molar-refractivity contribution < 1.29 is 9.59 Å². The van der Waals surface area contributed by atoms with Crippen molar-refractivity contribution in [2.45, 2.75) is 0 Å². The van der Waals surface area contributed by atoms with Gasteiger partial charge < -0.3 is 10.6 Å². The average Bonchev–Trinajstić information content (AvgIpc) is 3.51. The third kappa shape index (κ3) is 4.32. The molecule has 0 saturated heterocycles. The molecule has 0 atom stereocenters. The zero-order chi connectivity index (χ0) is 20.8. The second-order valence-electron chi connectivity index (χ2n) is 6.11. The minimum Gasteiger partial charge on any atom is -0.350 e. The minimum atomic E-state index is -0.238. The fourth-order valence-electron chi connectivity index (χ4n) is 2.65. The Bertz CT molecular complexity index is 1020. The molecule has 0 unspecified atom stereocenters. The maximum atomic E-state index is 12.2. The Balaban J connectivity index is 1.23. The van der Waals surface area contributed by atoms with Crippen LogP contribution in [0, 0.1) is 0 Å². The van der Waals surface area contributed by atoms with E-state index in [9.17, 15) is 9.59 Å². The van der Waals surface area contributed by atoms with E-state index in [-0.39, 0.29) is 11.8 Å². The van der Waals surface area contributed by atoms with Crippen LogP contribution in [0.2, 0.25) is 0 Å². The van der Waals surface area contributed by atoms with Crippen molar-refractivity contribution in [2.75, 3.05) is 13.1 Å². The molecule has 0 aliphatic carbocycles. The van der Waals surface area contributed by atoms with Gasteiger partial charge in [-0.2, -0.15) is 0 Å². The largest absolute Gasteiger partial charge is 0.350 e. The number of aromatic nitrogens is 8. The van der Waals surface area contributed by atoms with Gasteiger partial charge in [0.15, 0.2) is 0 Å². The Morgan fingerprint density at radius 1 is 0.667 bits per heavy atom. The van der Waals surface area contributed by atoms with Crippen molar-refractivity contribution in [3.05, 3.63) is 72.3 Å². The lowest BCUT2D eigenvalue weighted by Gasteiger charge is -2.08. The summed E-state index contributed by atoms with van der Waals surface area (Å²) in [5.41, 5.74) is 2.48. The molecule has 0 saturated carbocycles. The van der Waals surface area contributed by atoms with Crippen molar-refractivity contribution in [2.24, 2.45) is 0 Å². The van der Waals surface area contributed by atoms with E-state index >= 15 is 0 Å². The Labute approximate surface area is 169 Å². The molecule has 0 aliphatic heterocycles. The van der Waals surface area contributed by atoms with Gasteiger partial charge in [-0.1, -0.05) is 0 Å². The normalized spacial score (nSPS) is 10.5. The summed E-state index contributed by atoms with van der Waals surface area (Å²) in [6.45, 7) is 0.587. The van der Waals surface area contributed by atoms with Gasteiger partial charge in [0, 0.05) is 24.2 Å². The van der Waals surface area contributed by atoms with Crippen molar-refractivity contribution in [1.82, 2.24) is 51.0 Å². The SMILES string of the molecule is O=C(NCCNC(=O)c1ccc(-n2cnnn2)cc1)c1ccc(-n2cnnn2)cc1. The fraction of sp³-hybridized carbons (Fsp3) is 0.111. The molecule has 2 aromatic carbocycles. The Hall–Kier alpha value is -4.48. The lowest BCUT2D eigenvalue weighted by Crippen LogP contribution is -2.34. The molecule has 2 amide bonds. The van der Waals surface area contributed by atoms with Crippen molar-refractivity contribution in [3.8, 4) is 11.4 Å². The van der Waals surface area contributed by atoms with Crippen LogP contribution in [-0.2, 0) is 0 Å². The predicted molar refractivity (Wildman–Crippen MR) is 103 cm³/mol. The van der Waals surface area contributed by atoms with E-state index in [2.05, 4.69) is 41.7 Å². The van der Waals surface area contributed by atoms with Crippen LogP contribution in [0.25, 0.3) is 11.4 Å². The predicted octanol–water partition coefficient (Wildman–Crippen LogP) is -0.202. The first-order chi connectivity index (χ1) is 14.7. The highest BCUT2D eigenvalue weighted by Gasteiger charge is 2.08. The van der Waals surface area contributed by atoms with E-state index in [1.54, 1.807) is 48.5 Å². The first-order valence-electron chi connectivity index (χ1n) is 8.94. The van der Waals surface area contributed by atoms with Crippen LogP contribution in [0.1, 0.15) is 20.7 Å². The quantitative estimate of drug-likeness (QED) is 0.403. The number of carbonyl (C=O) groups is 2. The standard InChI is InChI=1S/C18H16N10O2/c29-17(13-1-5-15(6-2-13)27-11-21-23-25-27)19-9-10-20-18(30)14-3-7-16(8-4-14)28-12-22-24-26-28/h1-8,11-12H,9-10H2,(H,19,29)(H,20,30). The molecule has 2 N–H and O–H groups in total. The van der Waals surface area contributed by atoms with E-state index in [4.69, 9.17) is 0 Å². The van der Waals surface area contributed by atoms with Crippen LogP contribution in [0.4, 0.5) is 0 Å². The summed E-state index contributed by atoms with van der Waals surface area (Å²) >= 11 is 0. The van der Waals surface area contributed by atoms with Crippen molar-refractivity contribution in [1.29, 1.82) is 0 Å². The van der Waals surface area contributed by atoms with Gasteiger partial charge in [-0.25, -0.2) is 9.36 Å². The molecule has 4 rings (SSSR count). The van der Waals surface area contributed by atoms with Crippen LogP contribution in [-0.4, -0.2) is 65.3 Å². The highest BCUT2D eigenvalue weighted by Crippen LogP contribution is 2.08. The van der Waals surface area contributed by atoms with Crippen LogP contribution >= 0.6 is 0 Å². The number of benzene rings is 2. The van der Waals surface area contributed by atoms with Crippen molar-refractivity contribution in [3.63, 3.8) is 0 Å². The Morgan fingerprint density at radius 3 is 1.40 bits per heavy atom. The molecule has 4 aromatic rings. The third-order valence-corrected chi connectivity index (χ3v) is 4.18. The molecule has 0 radical (unpaired) electrons. The first kappa shape index (κ1) is 18.9. The van der Waals surface area contributed by atoms with E-state index in [1.165, 1.54) is 22.0 Å². The van der Waals surface area contributed by atoms with Gasteiger partial charge in [0.05, 0.1) is 11.4 Å². The summed E-state index contributed by atoms with van der Waals surface area (Å²) in [5, 5.41) is 27.4. The van der Waals surface area contributed by atoms with Crippen LogP contribution < -0.4 is 10.6 Å². The lowest BCUT2D eigenvalue weighted by molar-refractivity contribution is 0.0927. The fourth-order valence-corrected chi connectivity index (χ4v) is 2.65. The van der Waals surface area contributed by atoms with Gasteiger partial charge in [0.2, 0.25) is 0 Å². The molecular weight excluding hydrogens is 388 g/mol. The molecule has 0 bridgehead atoms. The molecule has 0 aliphatic rings. The smallest absolute Gasteiger partial charge is 0.251 e. The number of amides is 2. The molecule has 0 fully saturated rings. The molecule has 30 heavy (non-hydrogen) atoms. The van der Waals surface area contributed by atoms with Crippen molar-refractivity contribution >= 4 is 11.8 Å². The Morgan fingerprint density at radius 2 is 1.07 bits per heavy atom. The number of hydrogen-bond donors (Lipinski definition) is 2. The van der Waals surface area contributed by atoms with E-state index < -0.39 is 0 Å². The zero-order valence-electron chi connectivity index (χ0n) is 15.6. The lowest BCUT2D eigenvalue weighted by atomic mass is 10.2. The summed E-state index contributed by atoms with van der Waals surface area (Å²) in [5.74, 6) is -0.475. The van der Waals surface area contributed by atoms with Gasteiger partial charge in [0.1, 0.15) is 12.7 Å². The number of carbonyl (C=O) groups excluding carboxylic acids is 2. The number of hydrogen-bond acceptors (Lipinski definition) is 8. The monoisotopic (exact) mass is 404 g/mol. The average molecular weight is 404 g/mol. The molecule has 12 heteroatoms. The van der Waals surface area contributed by atoms with Gasteiger partial charge in [-0.05, 0) is 69.4 Å². The van der Waals surface area contributed by atoms with Gasteiger partial charge >= 0.3 is 0 Å². The molecular formula is C18H16N10O2. The number of tetrazole rings is 2. The topological polar surface area (TPSA) is 145 Å². The maximum Gasteiger partial charge on any atom is 0.251 e. The van der Waals surface area contributed by atoms with Crippen LogP contribution in [0.15, 0.2) is 61.2 Å². The number of nitrogens with zero attached hydrogens (tertiary/aromatic N) is 8. The Kier molecular flexibility index (Phi) is 5.46. The second-order valence-corrected chi connectivity index (χ2v) is 6.11. The summed E-state index contributed by atoms with van der Waals surface area (Å²) in [6, 6.07) is 13.7. The molecule has 2 aromatic heterocycles. The van der Waals surface area contributed by atoms with E-state index in [1.807, 2.05) is 0 Å². The second kappa shape index (κ2) is 8.68. The summed E-state index contributed by atoms with van der Waals surface area (Å²) < 4.78 is 2.99. The first-order valence-corrected chi connectivity index (χ1v) is 8.94. The number of nitrogens with one attached hydrogen (secondary N) is 2. The highest BCUT2D eigenvalue weighted by molar-refractivity contribution is 5.95. The van der Waals surface area contributed by atoms with Gasteiger partial charge in [-0.3, -0.25) is 9.59 Å². The molecule has 12 nitrogen and oxygen atoms in total. The minimum absolute atomic E-state index is 0.238. The molecule has 2 heterocycles. The zero-order valence-corrected chi connectivity index (χ0v) is 15.6. The maximum absolute atomic E-state index is 12.2. The summed E-state index contributed by atoms with van der Waals surface area (Å²) in [6.07, 6.45) is 2.94. The highest BCUT2D eigenvalue weighted by atomic mass is 16.2. The van der Waals surface area contributed by atoms with Gasteiger partial charge in [-0.15, -0.1) is 10.2 Å². The third-order valence-electron chi connectivity index (χ3n) is 4.18. The number of rotatable bonds is 7. The van der Waals surface area contributed by atoms with Crippen LogP contribution in [0.5, 0.6) is 0 Å². The van der Waals surface area contributed by atoms with E-state index in [0.717, 1.165) is 11.4 Å².